The third-order valence-corrected chi connectivity index (χ3v) is 7.62. The lowest BCUT2D eigenvalue weighted by molar-refractivity contribution is -0.242. The van der Waals surface area contributed by atoms with E-state index in [1.807, 2.05) is 0 Å². The molecule has 2 heterocycles. The van der Waals surface area contributed by atoms with E-state index in [0.717, 1.165) is 0 Å². The van der Waals surface area contributed by atoms with Crippen LogP contribution >= 0.6 is 0 Å². The Balaban J connectivity index is 2.71. The van der Waals surface area contributed by atoms with E-state index in [1.165, 1.54) is 57.8 Å². The third kappa shape index (κ3) is 3.62. The van der Waals surface area contributed by atoms with Gasteiger partial charge in [0.25, 0.3) is 0 Å². The van der Waals surface area contributed by atoms with Crippen molar-refractivity contribution in [3.8, 4) is 0 Å². The number of likely N-dealkylation sites (tertiary alicyclic amines) is 2. The number of piperidine rings is 2. The summed E-state index contributed by atoms with van der Waals surface area (Å²) in [5, 5.41) is 0. The van der Waals surface area contributed by atoms with Crippen molar-refractivity contribution in [3.63, 3.8) is 0 Å². The van der Waals surface area contributed by atoms with Crippen LogP contribution < -0.4 is 0 Å². The van der Waals surface area contributed by atoms with Gasteiger partial charge in [-0.05, 0) is 107 Å². The number of rotatable bonds is 5. The van der Waals surface area contributed by atoms with Crippen LogP contribution in [0.2, 0.25) is 0 Å². The molecule has 0 saturated carbocycles. The van der Waals surface area contributed by atoms with Crippen LogP contribution in [0.25, 0.3) is 0 Å². The van der Waals surface area contributed by atoms with Gasteiger partial charge < -0.3 is 0 Å². The van der Waals surface area contributed by atoms with Crippen LogP contribution in [0.4, 0.5) is 0 Å². The van der Waals surface area contributed by atoms with Crippen molar-refractivity contribution in [2.24, 2.45) is 0 Å². The fourth-order valence-electron chi connectivity index (χ4n) is 7.46. The van der Waals surface area contributed by atoms with Gasteiger partial charge in [0.1, 0.15) is 0 Å². The second kappa shape index (κ2) is 7.07. The predicted molar refractivity (Wildman–Crippen MR) is 116 cm³/mol. The minimum Gasteiger partial charge on any atom is -0.275 e. The van der Waals surface area contributed by atoms with Gasteiger partial charge in [-0.2, -0.15) is 0 Å². The molecule has 2 saturated heterocycles. The number of nitrogens with zero attached hydrogens (tertiary/aromatic N) is 2. The molecule has 2 fully saturated rings. The van der Waals surface area contributed by atoms with E-state index in [1.54, 1.807) is 0 Å². The lowest BCUT2D eigenvalue weighted by Crippen LogP contribution is -2.79. The van der Waals surface area contributed by atoms with E-state index in [0.29, 0.717) is 0 Å². The topological polar surface area (TPSA) is 6.48 Å². The van der Waals surface area contributed by atoms with Gasteiger partial charge >= 0.3 is 0 Å². The van der Waals surface area contributed by atoms with Crippen LogP contribution in [0.15, 0.2) is 0 Å². The van der Waals surface area contributed by atoms with Crippen LogP contribution in [0, 0.1) is 0 Å². The number of hydrogen-bond acceptors (Lipinski definition) is 2. The van der Waals surface area contributed by atoms with Gasteiger partial charge in [0.05, 0.1) is 5.66 Å². The van der Waals surface area contributed by atoms with Gasteiger partial charge in [0.2, 0.25) is 0 Å². The third-order valence-electron chi connectivity index (χ3n) is 7.62. The van der Waals surface area contributed by atoms with Gasteiger partial charge in [-0.3, -0.25) is 9.80 Å². The molecule has 154 valence electrons. The van der Waals surface area contributed by atoms with Gasteiger partial charge in [0.15, 0.2) is 0 Å². The normalized spacial score (nSPS) is 28.8. The summed E-state index contributed by atoms with van der Waals surface area (Å²) in [7, 11) is 0. The quantitative estimate of drug-likeness (QED) is 0.519. The van der Waals surface area contributed by atoms with Crippen molar-refractivity contribution >= 4 is 0 Å². The van der Waals surface area contributed by atoms with Gasteiger partial charge in [-0.1, -0.05) is 20.3 Å². The van der Waals surface area contributed by atoms with Crippen molar-refractivity contribution in [3.05, 3.63) is 0 Å². The Morgan fingerprint density at radius 2 is 0.923 bits per heavy atom. The summed E-state index contributed by atoms with van der Waals surface area (Å²) in [6, 6.07) is 0. The van der Waals surface area contributed by atoms with Crippen LogP contribution in [-0.2, 0) is 0 Å². The standard InChI is InChI=1S/C24H48N2/c1-11-15-24(12-2,25-20(3,4)16-13-17-21(25,5)6)26-22(7,8)18-14-19-23(26,9)10/h11-19H2,1-10H3. The van der Waals surface area contributed by atoms with Crippen molar-refractivity contribution in [1.29, 1.82) is 0 Å². The second-order valence-corrected chi connectivity index (χ2v) is 11.7. The molecule has 0 bridgehead atoms. The van der Waals surface area contributed by atoms with Crippen LogP contribution in [0.5, 0.6) is 0 Å². The van der Waals surface area contributed by atoms with E-state index in [9.17, 15) is 0 Å². The maximum Gasteiger partial charge on any atom is 0.0752 e. The second-order valence-electron chi connectivity index (χ2n) is 11.7. The number of hydrogen-bond donors (Lipinski definition) is 0. The first-order chi connectivity index (χ1) is 11.8. The lowest BCUT2D eigenvalue weighted by Gasteiger charge is -2.70. The van der Waals surface area contributed by atoms with Crippen molar-refractivity contribution in [2.45, 2.75) is 155 Å². The highest BCUT2D eigenvalue weighted by Crippen LogP contribution is 2.53. The van der Waals surface area contributed by atoms with Gasteiger partial charge in [-0.15, -0.1) is 0 Å². The molecule has 26 heavy (non-hydrogen) atoms. The summed E-state index contributed by atoms with van der Waals surface area (Å²) in [6.07, 6.45) is 11.7. The Morgan fingerprint density at radius 3 is 1.15 bits per heavy atom. The molecule has 0 aromatic carbocycles. The minimum atomic E-state index is 0.135. The molecular formula is C24H48N2. The Bertz CT molecular complexity index is 416. The zero-order valence-corrected chi connectivity index (χ0v) is 19.8. The molecular weight excluding hydrogens is 316 g/mol. The van der Waals surface area contributed by atoms with E-state index < -0.39 is 0 Å². The summed E-state index contributed by atoms with van der Waals surface area (Å²) in [4.78, 5) is 5.99. The Kier molecular flexibility index (Phi) is 6.04. The largest absolute Gasteiger partial charge is 0.275 e. The zero-order chi connectivity index (χ0) is 20.0. The smallest absolute Gasteiger partial charge is 0.0752 e. The molecule has 0 aromatic rings. The first-order valence-electron chi connectivity index (χ1n) is 11.4. The average molecular weight is 365 g/mol. The Labute approximate surface area is 165 Å². The van der Waals surface area contributed by atoms with Crippen LogP contribution in [-0.4, -0.2) is 37.6 Å². The van der Waals surface area contributed by atoms with Gasteiger partial charge in [-0.25, -0.2) is 0 Å². The van der Waals surface area contributed by atoms with Gasteiger partial charge in [0, 0.05) is 22.2 Å². The lowest BCUT2D eigenvalue weighted by atomic mass is 9.70. The van der Waals surface area contributed by atoms with Crippen LogP contribution in [0.1, 0.15) is 127 Å². The molecule has 0 aromatic heterocycles. The molecule has 0 unspecified atom stereocenters. The maximum atomic E-state index is 2.99. The molecule has 2 nitrogen and oxygen atoms in total. The fraction of sp³-hybridized carbons (Fsp3) is 1.00. The van der Waals surface area contributed by atoms with Crippen molar-refractivity contribution < 1.29 is 0 Å². The fourth-order valence-corrected chi connectivity index (χ4v) is 7.46. The Morgan fingerprint density at radius 1 is 0.615 bits per heavy atom. The highest BCUT2D eigenvalue weighted by Gasteiger charge is 2.59. The molecule has 2 heteroatoms. The maximum absolute atomic E-state index is 2.99. The molecule has 2 rings (SSSR count). The molecule has 0 amide bonds. The molecule has 0 radical (unpaired) electrons. The minimum absolute atomic E-state index is 0.135. The van der Waals surface area contributed by atoms with E-state index in [-0.39, 0.29) is 27.8 Å². The zero-order valence-electron chi connectivity index (χ0n) is 19.8. The summed E-state index contributed by atoms with van der Waals surface area (Å²) < 4.78 is 0. The molecule has 2 aliphatic heterocycles. The molecule has 0 spiro atoms. The molecule has 0 aliphatic carbocycles. The highest BCUT2D eigenvalue weighted by molar-refractivity contribution is 5.12. The average Bonchev–Trinajstić information content (AvgIpc) is 2.43. The first kappa shape index (κ1) is 22.2. The highest BCUT2D eigenvalue weighted by atomic mass is 15.5. The monoisotopic (exact) mass is 364 g/mol. The molecule has 0 N–H and O–H groups in total. The Hall–Kier alpha value is -0.0800. The van der Waals surface area contributed by atoms with E-state index in [4.69, 9.17) is 0 Å². The predicted octanol–water partition coefficient (Wildman–Crippen LogP) is 6.98. The van der Waals surface area contributed by atoms with Crippen molar-refractivity contribution in [1.82, 2.24) is 9.80 Å². The summed E-state index contributed by atoms with van der Waals surface area (Å²) in [6.45, 7) is 24.9. The van der Waals surface area contributed by atoms with Crippen molar-refractivity contribution in [2.75, 3.05) is 0 Å². The molecule has 2 aliphatic rings. The summed E-state index contributed by atoms with van der Waals surface area (Å²) >= 11 is 0. The van der Waals surface area contributed by atoms with Crippen LogP contribution in [0.3, 0.4) is 0 Å². The van der Waals surface area contributed by atoms with E-state index >= 15 is 0 Å². The summed E-state index contributed by atoms with van der Waals surface area (Å²) in [5.74, 6) is 0. The molecule has 0 atom stereocenters. The first-order valence-corrected chi connectivity index (χ1v) is 11.4. The van der Waals surface area contributed by atoms with E-state index in [2.05, 4.69) is 79.0 Å². The SMILES string of the molecule is CCCC(CC)(N1C(C)(C)CCCC1(C)C)N1C(C)(C)CCCC1(C)C. The summed E-state index contributed by atoms with van der Waals surface area (Å²) in [5.41, 5.74) is 1.12.